The van der Waals surface area contributed by atoms with Crippen molar-refractivity contribution in [3.8, 4) is 0 Å². The fraction of sp³-hybridized carbons (Fsp3) is 0.417. The number of carbonyl (C=O) groups is 2. The lowest BCUT2D eigenvalue weighted by atomic mass is 10.4. The Morgan fingerprint density at radius 1 is 1.35 bits per heavy atom. The van der Waals surface area contributed by atoms with Crippen molar-refractivity contribution in [2.45, 2.75) is 13.8 Å². The Kier molecular flexibility index (Phi) is 4.23. The van der Waals surface area contributed by atoms with Crippen molar-refractivity contribution in [2.24, 2.45) is 7.05 Å². The molecule has 0 spiro atoms. The van der Waals surface area contributed by atoms with Crippen LogP contribution in [0.4, 0.5) is 9.93 Å². The van der Waals surface area contributed by atoms with Crippen LogP contribution in [-0.2, 0) is 16.5 Å². The number of carbonyl (C=O) groups excluding carboxylic acids is 2. The van der Waals surface area contributed by atoms with Gasteiger partial charge in [0.25, 0.3) is 0 Å². The minimum atomic E-state index is -0.544. The van der Waals surface area contributed by atoms with Crippen molar-refractivity contribution < 1.29 is 19.1 Å². The standard InChI is InChI=1S/C12H15N3O4S/c1-4-18-10(16)8-6-7-9(15(8)3)20-11(13-7)14-12(17)19-5-2/h6H,4-5H2,1-3H3,(H,13,14,17). The van der Waals surface area contributed by atoms with Crippen molar-refractivity contribution >= 4 is 38.9 Å². The van der Waals surface area contributed by atoms with Gasteiger partial charge in [-0.05, 0) is 19.9 Å². The van der Waals surface area contributed by atoms with Gasteiger partial charge < -0.3 is 14.0 Å². The van der Waals surface area contributed by atoms with Crippen LogP contribution in [0.1, 0.15) is 24.3 Å². The Balaban J connectivity index is 2.24. The number of hydrogen-bond acceptors (Lipinski definition) is 6. The highest BCUT2D eigenvalue weighted by Crippen LogP contribution is 2.28. The normalized spacial score (nSPS) is 10.6. The first kappa shape index (κ1) is 14.3. The summed E-state index contributed by atoms with van der Waals surface area (Å²) in [7, 11) is 1.75. The summed E-state index contributed by atoms with van der Waals surface area (Å²) in [5.74, 6) is -0.389. The van der Waals surface area contributed by atoms with Crippen molar-refractivity contribution in [1.29, 1.82) is 0 Å². The summed E-state index contributed by atoms with van der Waals surface area (Å²) in [5.41, 5.74) is 1.07. The number of rotatable bonds is 4. The first-order chi connectivity index (χ1) is 9.56. The van der Waals surface area contributed by atoms with Crippen LogP contribution < -0.4 is 5.32 Å². The van der Waals surface area contributed by atoms with Gasteiger partial charge in [0.05, 0.1) is 13.2 Å². The van der Waals surface area contributed by atoms with Gasteiger partial charge in [-0.2, -0.15) is 0 Å². The Labute approximate surface area is 119 Å². The SMILES string of the molecule is CCOC(=O)Nc1nc2cc(C(=O)OCC)n(C)c2s1. The summed E-state index contributed by atoms with van der Waals surface area (Å²) in [6.45, 7) is 4.09. The maximum atomic E-state index is 11.7. The average Bonchev–Trinajstić information content (AvgIpc) is 2.90. The Morgan fingerprint density at radius 2 is 2.05 bits per heavy atom. The predicted molar refractivity (Wildman–Crippen MR) is 75.2 cm³/mol. The van der Waals surface area contributed by atoms with E-state index in [-0.39, 0.29) is 5.97 Å². The number of amides is 1. The van der Waals surface area contributed by atoms with E-state index in [0.29, 0.717) is 29.6 Å². The van der Waals surface area contributed by atoms with Crippen LogP contribution >= 0.6 is 11.3 Å². The molecule has 0 saturated carbocycles. The molecule has 0 atom stereocenters. The molecule has 0 radical (unpaired) electrons. The minimum absolute atomic E-state index is 0.295. The third kappa shape index (κ3) is 2.74. The van der Waals surface area contributed by atoms with Gasteiger partial charge >= 0.3 is 12.1 Å². The third-order valence-electron chi connectivity index (χ3n) is 2.54. The zero-order valence-electron chi connectivity index (χ0n) is 11.4. The molecule has 108 valence electrons. The fourth-order valence-electron chi connectivity index (χ4n) is 1.70. The summed E-state index contributed by atoms with van der Waals surface area (Å²) < 4.78 is 11.4. The summed E-state index contributed by atoms with van der Waals surface area (Å²) >= 11 is 1.27. The molecule has 0 aliphatic rings. The molecule has 8 heteroatoms. The summed E-state index contributed by atoms with van der Waals surface area (Å²) in [4.78, 5) is 28.0. The molecule has 0 bridgehead atoms. The Morgan fingerprint density at radius 3 is 2.65 bits per heavy atom. The molecule has 2 aromatic rings. The first-order valence-electron chi connectivity index (χ1n) is 6.14. The van der Waals surface area contributed by atoms with E-state index < -0.39 is 6.09 Å². The zero-order valence-corrected chi connectivity index (χ0v) is 12.2. The van der Waals surface area contributed by atoms with Gasteiger partial charge in [-0.3, -0.25) is 5.32 Å². The number of aryl methyl sites for hydroxylation is 1. The molecule has 0 saturated heterocycles. The van der Waals surface area contributed by atoms with Gasteiger partial charge in [-0.1, -0.05) is 11.3 Å². The van der Waals surface area contributed by atoms with Crippen LogP contribution in [0, 0.1) is 0 Å². The number of thiazole rings is 1. The van der Waals surface area contributed by atoms with Crippen molar-refractivity contribution in [3.05, 3.63) is 11.8 Å². The number of aromatic nitrogens is 2. The Hall–Kier alpha value is -2.09. The van der Waals surface area contributed by atoms with Crippen LogP contribution in [0.2, 0.25) is 0 Å². The molecule has 1 amide bonds. The lowest BCUT2D eigenvalue weighted by Crippen LogP contribution is -2.13. The van der Waals surface area contributed by atoms with Gasteiger partial charge in [-0.25, -0.2) is 14.6 Å². The van der Waals surface area contributed by atoms with Crippen LogP contribution in [0.3, 0.4) is 0 Å². The summed E-state index contributed by atoms with van der Waals surface area (Å²) in [6.07, 6.45) is -0.544. The average molecular weight is 297 g/mol. The molecule has 2 rings (SSSR count). The molecule has 20 heavy (non-hydrogen) atoms. The smallest absolute Gasteiger partial charge is 0.413 e. The molecule has 0 aliphatic heterocycles. The van der Waals surface area contributed by atoms with Crippen LogP contribution in [0.15, 0.2) is 6.07 Å². The second-order valence-electron chi connectivity index (χ2n) is 3.86. The van der Waals surface area contributed by atoms with E-state index in [4.69, 9.17) is 9.47 Å². The van der Waals surface area contributed by atoms with E-state index in [2.05, 4.69) is 10.3 Å². The van der Waals surface area contributed by atoms with Crippen molar-refractivity contribution in [2.75, 3.05) is 18.5 Å². The molecule has 0 aromatic carbocycles. The predicted octanol–water partition coefficient (Wildman–Crippen LogP) is 2.38. The maximum absolute atomic E-state index is 11.7. The number of anilines is 1. The number of fused-ring (bicyclic) bond motifs is 1. The second kappa shape index (κ2) is 5.91. The fourth-order valence-corrected chi connectivity index (χ4v) is 2.61. The largest absolute Gasteiger partial charge is 0.461 e. The second-order valence-corrected chi connectivity index (χ2v) is 4.84. The summed E-state index contributed by atoms with van der Waals surface area (Å²) in [6, 6.07) is 1.64. The highest BCUT2D eigenvalue weighted by atomic mass is 32.1. The van der Waals surface area contributed by atoms with E-state index in [1.54, 1.807) is 31.5 Å². The lowest BCUT2D eigenvalue weighted by molar-refractivity contribution is 0.0516. The van der Waals surface area contributed by atoms with Gasteiger partial charge in [-0.15, -0.1) is 0 Å². The maximum Gasteiger partial charge on any atom is 0.413 e. The molecular formula is C12H15N3O4S. The van der Waals surface area contributed by atoms with Gasteiger partial charge in [0, 0.05) is 7.05 Å². The molecule has 1 N–H and O–H groups in total. The number of esters is 1. The van der Waals surface area contributed by atoms with E-state index in [1.165, 1.54) is 11.3 Å². The van der Waals surface area contributed by atoms with E-state index in [9.17, 15) is 9.59 Å². The highest BCUT2D eigenvalue weighted by Gasteiger charge is 2.18. The van der Waals surface area contributed by atoms with Gasteiger partial charge in [0.1, 0.15) is 16.0 Å². The lowest BCUT2D eigenvalue weighted by Gasteiger charge is -2.03. The van der Waals surface area contributed by atoms with Crippen molar-refractivity contribution in [1.82, 2.24) is 9.55 Å². The zero-order chi connectivity index (χ0) is 14.7. The van der Waals surface area contributed by atoms with Crippen molar-refractivity contribution in [3.63, 3.8) is 0 Å². The Bertz CT molecular complexity index is 646. The monoisotopic (exact) mass is 297 g/mol. The van der Waals surface area contributed by atoms with E-state index in [0.717, 1.165) is 4.83 Å². The molecule has 0 fully saturated rings. The third-order valence-corrected chi connectivity index (χ3v) is 3.61. The number of nitrogens with one attached hydrogen (secondary N) is 1. The molecular weight excluding hydrogens is 282 g/mol. The number of ether oxygens (including phenoxy) is 2. The van der Waals surface area contributed by atoms with Crippen LogP contribution in [0.25, 0.3) is 10.3 Å². The molecule has 2 heterocycles. The number of nitrogens with zero attached hydrogens (tertiary/aromatic N) is 2. The molecule has 0 unspecified atom stereocenters. The van der Waals surface area contributed by atoms with Crippen LogP contribution in [0.5, 0.6) is 0 Å². The molecule has 7 nitrogen and oxygen atoms in total. The molecule has 2 aromatic heterocycles. The van der Waals surface area contributed by atoms with Gasteiger partial charge in [0.2, 0.25) is 0 Å². The quantitative estimate of drug-likeness (QED) is 0.876. The highest BCUT2D eigenvalue weighted by molar-refractivity contribution is 7.22. The van der Waals surface area contributed by atoms with E-state index >= 15 is 0 Å². The van der Waals surface area contributed by atoms with Crippen LogP contribution in [-0.4, -0.2) is 34.8 Å². The molecule has 0 aliphatic carbocycles. The van der Waals surface area contributed by atoms with Gasteiger partial charge in [0.15, 0.2) is 5.13 Å². The summed E-state index contributed by atoms with van der Waals surface area (Å²) in [5, 5.41) is 2.97. The van der Waals surface area contributed by atoms with E-state index in [1.807, 2.05) is 0 Å². The number of hydrogen-bond donors (Lipinski definition) is 1. The topological polar surface area (TPSA) is 82.4 Å². The first-order valence-corrected chi connectivity index (χ1v) is 6.95. The minimum Gasteiger partial charge on any atom is -0.461 e.